The highest BCUT2D eigenvalue weighted by atomic mass is 16.6. The molecule has 144 valence electrons. The predicted molar refractivity (Wildman–Crippen MR) is 96.5 cm³/mol. The van der Waals surface area contributed by atoms with E-state index in [0.717, 1.165) is 0 Å². The summed E-state index contributed by atoms with van der Waals surface area (Å²) in [5.74, 6) is 1.25. The van der Waals surface area contributed by atoms with Crippen molar-refractivity contribution < 1.29 is 28.4 Å². The van der Waals surface area contributed by atoms with Crippen molar-refractivity contribution in [2.75, 3.05) is 71.8 Å². The largest absolute Gasteiger partial charge is 0.487 e. The molecule has 0 spiro atoms. The number of hydrogen-bond donors (Lipinski definition) is 1. The van der Waals surface area contributed by atoms with Gasteiger partial charge in [0.05, 0.1) is 52.9 Å². The molecule has 7 nitrogen and oxygen atoms in total. The Morgan fingerprint density at radius 3 is 1.48 bits per heavy atom. The molecule has 2 N–H and O–H groups in total. The Bertz CT molecular complexity index is 444. The maximum absolute atomic E-state index is 5.79. The Kier molecular flexibility index (Phi) is 12.7. The van der Waals surface area contributed by atoms with Crippen molar-refractivity contribution in [1.82, 2.24) is 0 Å². The molecule has 1 aromatic carbocycles. The minimum absolute atomic E-state index is 0.416. The van der Waals surface area contributed by atoms with Gasteiger partial charge in [-0.2, -0.15) is 0 Å². The van der Waals surface area contributed by atoms with Crippen LogP contribution in [0.15, 0.2) is 18.2 Å². The molecule has 0 saturated heterocycles. The standard InChI is InChI=1S/C16H25NO6.C2H6/c17-14-1-2-15-16(13-14)23-12-10-21-8-6-19-4-3-18-5-7-20-9-11-22-15;1-2/h1-2,13H,3-12,17H2;1-2H3. The van der Waals surface area contributed by atoms with Gasteiger partial charge in [0.2, 0.25) is 0 Å². The van der Waals surface area contributed by atoms with Crippen LogP contribution in [0.5, 0.6) is 11.5 Å². The highest BCUT2D eigenvalue weighted by Gasteiger charge is 2.06. The van der Waals surface area contributed by atoms with Crippen LogP contribution in [0.1, 0.15) is 13.8 Å². The van der Waals surface area contributed by atoms with Crippen LogP contribution in [-0.4, -0.2) is 66.1 Å². The van der Waals surface area contributed by atoms with Crippen molar-refractivity contribution in [1.29, 1.82) is 0 Å². The van der Waals surface area contributed by atoms with Crippen molar-refractivity contribution in [3.8, 4) is 11.5 Å². The van der Waals surface area contributed by atoms with E-state index in [9.17, 15) is 0 Å². The Labute approximate surface area is 150 Å². The summed E-state index contributed by atoms with van der Waals surface area (Å²) in [6, 6.07) is 5.31. The van der Waals surface area contributed by atoms with E-state index >= 15 is 0 Å². The highest BCUT2D eigenvalue weighted by molar-refractivity contribution is 5.51. The van der Waals surface area contributed by atoms with Crippen LogP contribution in [0.25, 0.3) is 0 Å². The molecule has 1 aromatic rings. The molecule has 0 saturated carbocycles. The zero-order valence-corrected chi connectivity index (χ0v) is 15.3. The molecule has 0 aromatic heterocycles. The number of hydrogen-bond acceptors (Lipinski definition) is 7. The van der Waals surface area contributed by atoms with Crippen molar-refractivity contribution in [3.63, 3.8) is 0 Å². The lowest BCUT2D eigenvalue weighted by atomic mass is 10.3. The van der Waals surface area contributed by atoms with Crippen LogP contribution in [0.4, 0.5) is 5.69 Å². The lowest BCUT2D eigenvalue weighted by Gasteiger charge is -2.14. The zero-order chi connectivity index (χ0) is 18.2. The quantitative estimate of drug-likeness (QED) is 0.712. The van der Waals surface area contributed by atoms with Gasteiger partial charge < -0.3 is 34.2 Å². The molecule has 2 rings (SSSR count). The molecule has 1 heterocycles. The van der Waals surface area contributed by atoms with Gasteiger partial charge in [-0.05, 0) is 12.1 Å². The monoisotopic (exact) mass is 357 g/mol. The second kappa shape index (κ2) is 14.8. The Morgan fingerprint density at radius 1 is 0.600 bits per heavy atom. The number of ether oxygens (including phenoxy) is 6. The summed E-state index contributed by atoms with van der Waals surface area (Å²) in [4.78, 5) is 0. The highest BCUT2D eigenvalue weighted by Crippen LogP contribution is 2.29. The van der Waals surface area contributed by atoms with Crippen LogP contribution in [0.2, 0.25) is 0 Å². The van der Waals surface area contributed by atoms with E-state index in [4.69, 9.17) is 34.2 Å². The number of anilines is 1. The SMILES string of the molecule is CC.Nc1ccc2c(c1)OCCOCCOCCOCCOCCO2. The van der Waals surface area contributed by atoms with Crippen molar-refractivity contribution >= 4 is 5.69 Å². The first-order valence-corrected chi connectivity index (χ1v) is 8.82. The van der Waals surface area contributed by atoms with Gasteiger partial charge in [-0.25, -0.2) is 0 Å². The molecule has 25 heavy (non-hydrogen) atoms. The summed E-state index contributed by atoms with van der Waals surface area (Å²) in [5.41, 5.74) is 6.41. The van der Waals surface area contributed by atoms with Gasteiger partial charge >= 0.3 is 0 Å². The number of nitrogen functional groups attached to an aromatic ring is 1. The number of benzene rings is 1. The molecule has 0 aliphatic carbocycles. The van der Waals surface area contributed by atoms with E-state index in [2.05, 4.69) is 0 Å². The smallest absolute Gasteiger partial charge is 0.163 e. The van der Waals surface area contributed by atoms with Crippen LogP contribution in [0, 0.1) is 0 Å². The van der Waals surface area contributed by atoms with E-state index < -0.39 is 0 Å². The molecule has 1 aliphatic heterocycles. The third-order valence-electron chi connectivity index (χ3n) is 3.05. The first-order chi connectivity index (χ1) is 12.4. The summed E-state index contributed by atoms with van der Waals surface area (Å²) < 4.78 is 33.0. The van der Waals surface area contributed by atoms with Crippen LogP contribution >= 0.6 is 0 Å². The first-order valence-electron chi connectivity index (χ1n) is 8.82. The molecule has 0 atom stereocenters. The number of fused-ring (bicyclic) bond motifs is 1. The van der Waals surface area contributed by atoms with Crippen LogP contribution in [0.3, 0.4) is 0 Å². The van der Waals surface area contributed by atoms with E-state index in [1.165, 1.54) is 0 Å². The second-order valence-corrected chi connectivity index (χ2v) is 4.85. The Morgan fingerprint density at radius 2 is 1.00 bits per heavy atom. The van der Waals surface area contributed by atoms with Gasteiger partial charge in [-0.15, -0.1) is 0 Å². The third kappa shape index (κ3) is 10.1. The number of nitrogens with two attached hydrogens (primary N) is 1. The van der Waals surface area contributed by atoms with Gasteiger partial charge in [-0.3, -0.25) is 0 Å². The molecule has 0 unspecified atom stereocenters. The van der Waals surface area contributed by atoms with Gasteiger partial charge in [0.15, 0.2) is 11.5 Å². The lowest BCUT2D eigenvalue weighted by molar-refractivity contribution is -0.00841. The minimum atomic E-state index is 0.416. The van der Waals surface area contributed by atoms with E-state index in [1.54, 1.807) is 18.2 Å². The van der Waals surface area contributed by atoms with E-state index in [0.29, 0.717) is 83.3 Å². The normalized spacial score (nSPS) is 18.2. The first kappa shape index (κ1) is 21.5. The summed E-state index contributed by atoms with van der Waals surface area (Å²) in [6.07, 6.45) is 0. The molecule has 0 radical (unpaired) electrons. The topological polar surface area (TPSA) is 81.4 Å². The molecular formula is C18H31NO6. The van der Waals surface area contributed by atoms with Gasteiger partial charge in [-0.1, -0.05) is 13.8 Å². The maximum Gasteiger partial charge on any atom is 0.163 e. The van der Waals surface area contributed by atoms with Crippen LogP contribution in [-0.2, 0) is 18.9 Å². The fourth-order valence-corrected chi connectivity index (χ4v) is 1.94. The summed E-state index contributed by atoms with van der Waals surface area (Å²) in [7, 11) is 0. The predicted octanol–water partition coefficient (Wildman–Crippen LogP) is 2.13. The molecule has 0 fully saturated rings. The average Bonchev–Trinajstić information content (AvgIpc) is 2.64. The van der Waals surface area contributed by atoms with Crippen molar-refractivity contribution in [3.05, 3.63) is 18.2 Å². The zero-order valence-electron chi connectivity index (χ0n) is 15.3. The average molecular weight is 357 g/mol. The third-order valence-corrected chi connectivity index (χ3v) is 3.05. The van der Waals surface area contributed by atoms with Gasteiger partial charge in [0.25, 0.3) is 0 Å². The molecule has 1 aliphatic rings. The van der Waals surface area contributed by atoms with E-state index in [-0.39, 0.29) is 0 Å². The van der Waals surface area contributed by atoms with Gasteiger partial charge in [0.1, 0.15) is 13.2 Å². The second-order valence-electron chi connectivity index (χ2n) is 4.85. The van der Waals surface area contributed by atoms with Crippen molar-refractivity contribution in [2.24, 2.45) is 0 Å². The number of rotatable bonds is 0. The summed E-state index contributed by atoms with van der Waals surface area (Å²) in [6.45, 7) is 9.02. The van der Waals surface area contributed by atoms with Gasteiger partial charge in [0, 0.05) is 11.8 Å². The fraction of sp³-hybridized carbons (Fsp3) is 0.667. The summed E-state index contributed by atoms with van der Waals surface area (Å²) >= 11 is 0. The minimum Gasteiger partial charge on any atom is -0.487 e. The summed E-state index contributed by atoms with van der Waals surface area (Å²) in [5, 5.41) is 0. The van der Waals surface area contributed by atoms with Crippen LogP contribution < -0.4 is 15.2 Å². The van der Waals surface area contributed by atoms with Crippen molar-refractivity contribution in [2.45, 2.75) is 13.8 Å². The van der Waals surface area contributed by atoms with E-state index in [1.807, 2.05) is 13.8 Å². The molecule has 7 heteroatoms. The molecular weight excluding hydrogens is 326 g/mol. The maximum atomic E-state index is 5.79. The molecule has 0 amide bonds. The Balaban J connectivity index is 0.00000151. The molecule has 0 bridgehead atoms. The Hall–Kier alpha value is -1.54. The lowest BCUT2D eigenvalue weighted by Crippen LogP contribution is -2.16. The fourth-order valence-electron chi connectivity index (χ4n) is 1.94.